The number of amides is 1. The molecule has 5 heteroatoms. The summed E-state index contributed by atoms with van der Waals surface area (Å²) in [6.07, 6.45) is 10.9. The summed E-state index contributed by atoms with van der Waals surface area (Å²) in [7, 11) is -3.34. The standard InChI is InChI=1S/C20H27NO3S/c22-19(13-25(23,24)16-8-2-1-3-9-16)21-20-17-10-4-6-14(17)12-15-7-5-11-18(15)20/h12,16H,1-11,13H2,(H,21,22). The van der Waals surface area contributed by atoms with Gasteiger partial charge in [0.15, 0.2) is 9.84 Å². The molecule has 136 valence electrons. The molecular formula is C20H27NO3S. The lowest BCUT2D eigenvalue weighted by molar-refractivity contribution is -0.113. The zero-order valence-corrected chi connectivity index (χ0v) is 15.6. The highest BCUT2D eigenvalue weighted by atomic mass is 32.2. The van der Waals surface area contributed by atoms with Gasteiger partial charge in [-0.3, -0.25) is 4.79 Å². The first-order chi connectivity index (χ1) is 12.0. The van der Waals surface area contributed by atoms with Crippen LogP contribution in [0.15, 0.2) is 6.07 Å². The van der Waals surface area contributed by atoms with Crippen LogP contribution in [0.3, 0.4) is 0 Å². The van der Waals surface area contributed by atoms with Crippen LogP contribution >= 0.6 is 0 Å². The van der Waals surface area contributed by atoms with Crippen LogP contribution in [0.2, 0.25) is 0 Å². The third-order valence-electron chi connectivity index (χ3n) is 6.13. The molecule has 1 amide bonds. The van der Waals surface area contributed by atoms with Crippen molar-refractivity contribution >= 4 is 21.4 Å². The molecule has 25 heavy (non-hydrogen) atoms. The van der Waals surface area contributed by atoms with Crippen LogP contribution in [0, 0.1) is 0 Å². The summed E-state index contributed by atoms with van der Waals surface area (Å²) in [5, 5.41) is 2.70. The second-order valence-electron chi connectivity index (χ2n) is 7.85. The number of sulfone groups is 1. The van der Waals surface area contributed by atoms with Crippen LogP contribution in [0.1, 0.15) is 67.2 Å². The minimum Gasteiger partial charge on any atom is -0.325 e. The van der Waals surface area contributed by atoms with Gasteiger partial charge in [0.25, 0.3) is 0 Å². The van der Waals surface area contributed by atoms with Gasteiger partial charge in [-0.25, -0.2) is 8.42 Å². The van der Waals surface area contributed by atoms with Gasteiger partial charge in [-0.15, -0.1) is 0 Å². The number of aryl methyl sites for hydroxylation is 2. The van der Waals surface area contributed by atoms with Gasteiger partial charge >= 0.3 is 0 Å². The minimum absolute atomic E-state index is 0.320. The Morgan fingerprint density at radius 2 is 1.52 bits per heavy atom. The molecule has 0 spiro atoms. The van der Waals surface area contributed by atoms with Crippen molar-refractivity contribution in [3.63, 3.8) is 0 Å². The fourth-order valence-corrected chi connectivity index (χ4v) is 6.59. The van der Waals surface area contributed by atoms with E-state index in [-0.39, 0.29) is 16.9 Å². The third-order valence-corrected chi connectivity index (χ3v) is 8.28. The van der Waals surface area contributed by atoms with E-state index in [1.165, 1.54) is 22.3 Å². The maximum Gasteiger partial charge on any atom is 0.239 e. The Labute approximate surface area is 150 Å². The number of hydrogen-bond donors (Lipinski definition) is 1. The van der Waals surface area contributed by atoms with Gasteiger partial charge in [0.1, 0.15) is 5.75 Å². The van der Waals surface area contributed by atoms with Gasteiger partial charge in [0.05, 0.1) is 5.25 Å². The molecule has 1 saturated carbocycles. The number of hydrogen-bond acceptors (Lipinski definition) is 3. The molecule has 1 aromatic rings. The largest absolute Gasteiger partial charge is 0.325 e. The Balaban J connectivity index is 1.54. The average Bonchev–Trinajstić information content (AvgIpc) is 3.24. The summed E-state index contributed by atoms with van der Waals surface area (Å²) in [6.45, 7) is 0. The van der Waals surface area contributed by atoms with Gasteiger partial charge in [0, 0.05) is 5.69 Å². The molecule has 0 bridgehead atoms. The number of carbonyl (C=O) groups is 1. The normalized spacial score (nSPS) is 20.3. The maximum atomic E-state index is 12.6. The SMILES string of the molecule is O=C(CS(=O)(=O)C1CCCCC1)Nc1c2c(cc3c1CCC3)CCC2. The Hall–Kier alpha value is -1.36. The van der Waals surface area contributed by atoms with Crippen LogP contribution in [-0.2, 0) is 40.3 Å². The summed E-state index contributed by atoms with van der Waals surface area (Å²) < 4.78 is 25.2. The summed E-state index contributed by atoms with van der Waals surface area (Å²) in [6, 6.07) is 2.32. The smallest absolute Gasteiger partial charge is 0.239 e. The van der Waals surface area contributed by atoms with Crippen molar-refractivity contribution in [1.82, 2.24) is 0 Å². The minimum atomic E-state index is -3.34. The zero-order chi connectivity index (χ0) is 17.4. The first kappa shape index (κ1) is 17.1. The first-order valence-electron chi connectivity index (χ1n) is 9.72. The van der Waals surface area contributed by atoms with E-state index >= 15 is 0 Å². The number of anilines is 1. The van der Waals surface area contributed by atoms with E-state index in [1.807, 2.05) is 0 Å². The van der Waals surface area contributed by atoms with E-state index in [1.54, 1.807) is 0 Å². The van der Waals surface area contributed by atoms with Crippen LogP contribution in [0.25, 0.3) is 0 Å². The fourth-order valence-electron chi connectivity index (χ4n) is 4.87. The topological polar surface area (TPSA) is 63.2 Å². The molecule has 1 N–H and O–H groups in total. The van der Waals surface area contributed by atoms with Gasteiger partial charge in [-0.05, 0) is 73.6 Å². The molecule has 1 fully saturated rings. The van der Waals surface area contributed by atoms with E-state index in [9.17, 15) is 13.2 Å². The quantitative estimate of drug-likeness (QED) is 0.894. The highest BCUT2D eigenvalue weighted by molar-refractivity contribution is 7.92. The molecule has 3 aliphatic rings. The highest BCUT2D eigenvalue weighted by Crippen LogP contribution is 2.38. The van der Waals surface area contributed by atoms with Crippen LogP contribution in [-0.4, -0.2) is 25.3 Å². The summed E-state index contributed by atoms with van der Waals surface area (Å²) in [5.74, 6) is -0.712. The lowest BCUT2D eigenvalue weighted by Gasteiger charge is -2.22. The number of benzene rings is 1. The molecule has 0 radical (unpaired) electrons. The first-order valence-corrected chi connectivity index (χ1v) is 11.4. The molecule has 3 aliphatic carbocycles. The van der Waals surface area contributed by atoms with E-state index < -0.39 is 9.84 Å². The van der Waals surface area contributed by atoms with Crippen molar-refractivity contribution in [2.24, 2.45) is 0 Å². The molecule has 0 unspecified atom stereocenters. The molecule has 0 aromatic heterocycles. The molecule has 0 heterocycles. The lowest BCUT2D eigenvalue weighted by atomic mass is 9.98. The van der Waals surface area contributed by atoms with Gasteiger partial charge in [-0.1, -0.05) is 25.3 Å². The van der Waals surface area contributed by atoms with E-state index in [0.717, 1.165) is 63.5 Å². The molecule has 0 aliphatic heterocycles. The number of fused-ring (bicyclic) bond motifs is 2. The second kappa shape index (κ2) is 6.75. The van der Waals surface area contributed by atoms with Gasteiger partial charge in [0.2, 0.25) is 5.91 Å². The summed E-state index contributed by atoms with van der Waals surface area (Å²) >= 11 is 0. The summed E-state index contributed by atoms with van der Waals surface area (Å²) in [5.41, 5.74) is 6.16. The van der Waals surface area contributed by atoms with Crippen LogP contribution in [0.4, 0.5) is 5.69 Å². The number of carbonyl (C=O) groups excluding carboxylic acids is 1. The lowest BCUT2D eigenvalue weighted by Crippen LogP contribution is -2.32. The van der Waals surface area contributed by atoms with Crippen molar-refractivity contribution in [3.05, 3.63) is 28.3 Å². The average molecular weight is 362 g/mol. The van der Waals surface area contributed by atoms with Crippen LogP contribution < -0.4 is 5.32 Å². The van der Waals surface area contributed by atoms with Crippen molar-refractivity contribution in [2.45, 2.75) is 75.9 Å². The van der Waals surface area contributed by atoms with Crippen molar-refractivity contribution in [1.29, 1.82) is 0 Å². The molecule has 0 atom stereocenters. The molecule has 4 nitrogen and oxygen atoms in total. The van der Waals surface area contributed by atoms with E-state index in [0.29, 0.717) is 12.8 Å². The van der Waals surface area contributed by atoms with Crippen molar-refractivity contribution < 1.29 is 13.2 Å². The van der Waals surface area contributed by atoms with E-state index in [4.69, 9.17) is 0 Å². The number of nitrogens with one attached hydrogen (secondary N) is 1. The third kappa shape index (κ3) is 3.35. The second-order valence-corrected chi connectivity index (χ2v) is 10.1. The zero-order valence-electron chi connectivity index (χ0n) is 14.8. The molecule has 4 rings (SSSR count). The van der Waals surface area contributed by atoms with Crippen LogP contribution in [0.5, 0.6) is 0 Å². The maximum absolute atomic E-state index is 12.6. The summed E-state index contributed by atoms with van der Waals surface area (Å²) in [4.78, 5) is 12.6. The Morgan fingerprint density at radius 1 is 0.920 bits per heavy atom. The Morgan fingerprint density at radius 3 is 2.12 bits per heavy atom. The van der Waals surface area contributed by atoms with E-state index in [2.05, 4.69) is 11.4 Å². The molecular weight excluding hydrogens is 334 g/mol. The number of rotatable bonds is 4. The van der Waals surface area contributed by atoms with Gasteiger partial charge < -0.3 is 5.32 Å². The Bertz CT molecular complexity index is 759. The fraction of sp³-hybridized carbons (Fsp3) is 0.650. The highest BCUT2D eigenvalue weighted by Gasteiger charge is 2.31. The van der Waals surface area contributed by atoms with Crippen molar-refractivity contribution in [3.8, 4) is 0 Å². The molecule has 1 aromatic carbocycles. The monoisotopic (exact) mass is 361 g/mol. The van der Waals surface area contributed by atoms with Crippen molar-refractivity contribution in [2.75, 3.05) is 11.1 Å². The predicted octanol–water partition coefficient (Wildman–Crippen LogP) is 3.35. The predicted molar refractivity (Wildman–Crippen MR) is 99.8 cm³/mol. The molecule has 0 saturated heterocycles. The Kier molecular flexibility index (Phi) is 4.61. The van der Waals surface area contributed by atoms with Gasteiger partial charge in [-0.2, -0.15) is 0 Å².